The number of nitrogens with zero attached hydrogens (tertiary/aromatic N) is 2. The first-order valence-electron chi connectivity index (χ1n) is 8.33. The molecule has 3 nitrogen and oxygen atoms in total. The van der Waals surface area contributed by atoms with E-state index in [1.807, 2.05) is 36.4 Å². The van der Waals surface area contributed by atoms with Crippen molar-refractivity contribution in [2.75, 3.05) is 18.0 Å². The molecule has 0 unspecified atom stereocenters. The van der Waals surface area contributed by atoms with Crippen LogP contribution in [0.1, 0.15) is 25.1 Å². The van der Waals surface area contributed by atoms with E-state index in [2.05, 4.69) is 48.0 Å². The van der Waals surface area contributed by atoms with Gasteiger partial charge >= 0.3 is 0 Å². The lowest BCUT2D eigenvalue weighted by molar-refractivity contribution is 0.480. The van der Waals surface area contributed by atoms with E-state index >= 15 is 0 Å². The smallest absolute Gasteiger partial charge is 0.141 e. The van der Waals surface area contributed by atoms with E-state index in [0.717, 1.165) is 29.7 Å². The minimum atomic E-state index is 0.214. The molecule has 3 heteroatoms. The number of rotatable bonds is 5. The van der Waals surface area contributed by atoms with Crippen LogP contribution in [-0.4, -0.2) is 23.2 Å². The Morgan fingerprint density at radius 3 is 2.38 bits per heavy atom. The van der Waals surface area contributed by atoms with Gasteiger partial charge in [0.05, 0.1) is 5.69 Å². The van der Waals surface area contributed by atoms with Gasteiger partial charge in [0.2, 0.25) is 0 Å². The lowest BCUT2D eigenvalue weighted by Crippen LogP contribution is -2.21. The molecule has 0 atom stereocenters. The van der Waals surface area contributed by atoms with Crippen molar-refractivity contribution >= 4 is 28.7 Å². The molecular formula is C21H22N2O. The average molecular weight is 318 g/mol. The maximum Gasteiger partial charge on any atom is 0.141 e. The number of aromatic nitrogens is 1. The van der Waals surface area contributed by atoms with E-state index in [0.29, 0.717) is 5.52 Å². The van der Waals surface area contributed by atoms with Crippen LogP contribution in [0.15, 0.2) is 54.6 Å². The highest BCUT2D eigenvalue weighted by atomic mass is 16.3. The van der Waals surface area contributed by atoms with Crippen LogP contribution in [0.25, 0.3) is 23.1 Å². The molecule has 0 saturated heterocycles. The topological polar surface area (TPSA) is 36.4 Å². The summed E-state index contributed by atoms with van der Waals surface area (Å²) in [7, 11) is 0. The van der Waals surface area contributed by atoms with Gasteiger partial charge in [-0.2, -0.15) is 0 Å². The average Bonchev–Trinajstić information content (AvgIpc) is 2.62. The number of benzene rings is 2. The second-order valence-corrected chi connectivity index (χ2v) is 5.68. The van der Waals surface area contributed by atoms with Crippen molar-refractivity contribution in [1.29, 1.82) is 0 Å². The summed E-state index contributed by atoms with van der Waals surface area (Å²) in [5, 5.41) is 10.9. The molecule has 0 spiro atoms. The number of aromatic hydroxyl groups is 1. The van der Waals surface area contributed by atoms with Crippen molar-refractivity contribution in [2.45, 2.75) is 13.8 Å². The van der Waals surface area contributed by atoms with E-state index in [4.69, 9.17) is 0 Å². The van der Waals surface area contributed by atoms with Gasteiger partial charge in [-0.05, 0) is 49.8 Å². The standard InChI is InChI=1S/C21H22N2O/c1-3-23(4-2)19-14-9-16(10-15-19)8-12-18-13-11-17-6-5-7-20(24)21(17)22-18/h5-15,24H,3-4H2,1-2H3/b12-8+. The summed E-state index contributed by atoms with van der Waals surface area (Å²) in [6.07, 6.45) is 4.01. The number of fused-ring (bicyclic) bond motifs is 1. The molecule has 1 aromatic heterocycles. The third-order valence-corrected chi connectivity index (χ3v) is 4.19. The normalized spacial score (nSPS) is 11.2. The Labute approximate surface area is 142 Å². The quantitative estimate of drug-likeness (QED) is 0.722. The molecule has 0 saturated carbocycles. The number of pyridine rings is 1. The summed E-state index contributed by atoms with van der Waals surface area (Å²) in [5.74, 6) is 0.214. The SMILES string of the molecule is CCN(CC)c1ccc(/C=C/c2ccc3cccc(O)c3n2)cc1. The fourth-order valence-electron chi connectivity index (χ4n) is 2.81. The molecule has 0 fully saturated rings. The van der Waals surface area contributed by atoms with Gasteiger partial charge < -0.3 is 10.0 Å². The van der Waals surface area contributed by atoms with Gasteiger partial charge in [-0.25, -0.2) is 4.98 Å². The number of para-hydroxylation sites is 1. The van der Waals surface area contributed by atoms with Crippen molar-refractivity contribution < 1.29 is 5.11 Å². The molecule has 3 aromatic rings. The summed E-state index contributed by atoms with van der Waals surface area (Å²) in [6.45, 7) is 6.35. The molecule has 3 rings (SSSR count). The maximum atomic E-state index is 9.92. The molecule has 0 aliphatic carbocycles. The molecule has 2 aromatic carbocycles. The van der Waals surface area contributed by atoms with Gasteiger partial charge in [-0.1, -0.05) is 36.4 Å². The third-order valence-electron chi connectivity index (χ3n) is 4.19. The van der Waals surface area contributed by atoms with Gasteiger partial charge in [0, 0.05) is 24.2 Å². The molecule has 0 radical (unpaired) electrons. The van der Waals surface area contributed by atoms with Crippen LogP contribution in [0.4, 0.5) is 5.69 Å². The Hall–Kier alpha value is -2.81. The molecule has 1 N–H and O–H groups in total. The zero-order chi connectivity index (χ0) is 16.9. The number of anilines is 1. The number of hydrogen-bond donors (Lipinski definition) is 1. The van der Waals surface area contributed by atoms with Gasteiger partial charge in [-0.3, -0.25) is 0 Å². The summed E-state index contributed by atoms with van der Waals surface area (Å²) in [4.78, 5) is 6.84. The predicted molar refractivity (Wildman–Crippen MR) is 102 cm³/mol. The fraction of sp³-hybridized carbons (Fsp3) is 0.190. The predicted octanol–water partition coefficient (Wildman–Crippen LogP) is 4.96. The Kier molecular flexibility index (Phi) is 4.80. The van der Waals surface area contributed by atoms with Crippen molar-refractivity contribution in [1.82, 2.24) is 4.98 Å². The highest BCUT2D eigenvalue weighted by Gasteiger charge is 2.02. The minimum absolute atomic E-state index is 0.214. The molecule has 0 amide bonds. The van der Waals surface area contributed by atoms with Gasteiger partial charge in [0.1, 0.15) is 11.3 Å². The van der Waals surface area contributed by atoms with Crippen molar-refractivity contribution in [3.05, 3.63) is 65.9 Å². The fourth-order valence-corrected chi connectivity index (χ4v) is 2.81. The molecule has 0 aliphatic heterocycles. The van der Waals surface area contributed by atoms with E-state index in [1.54, 1.807) is 6.07 Å². The van der Waals surface area contributed by atoms with E-state index in [-0.39, 0.29) is 5.75 Å². The van der Waals surface area contributed by atoms with E-state index in [9.17, 15) is 5.11 Å². The lowest BCUT2D eigenvalue weighted by atomic mass is 10.1. The minimum Gasteiger partial charge on any atom is -0.506 e. The molecule has 0 aliphatic rings. The highest BCUT2D eigenvalue weighted by molar-refractivity contribution is 5.85. The second-order valence-electron chi connectivity index (χ2n) is 5.68. The zero-order valence-corrected chi connectivity index (χ0v) is 14.1. The molecular weight excluding hydrogens is 296 g/mol. The van der Waals surface area contributed by atoms with Crippen molar-refractivity contribution in [3.63, 3.8) is 0 Å². The van der Waals surface area contributed by atoms with Gasteiger partial charge in [0.25, 0.3) is 0 Å². The zero-order valence-electron chi connectivity index (χ0n) is 14.1. The summed E-state index contributed by atoms with van der Waals surface area (Å²) >= 11 is 0. The first-order valence-corrected chi connectivity index (χ1v) is 8.33. The largest absolute Gasteiger partial charge is 0.506 e. The summed E-state index contributed by atoms with van der Waals surface area (Å²) in [5.41, 5.74) is 3.84. The summed E-state index contributed by atoms with van der Waals surface area (Å²) < 4.78 is 0. The second kappa shape index (κ2) is 7.18. The summed E-state index contributed by atoms with van der Waals surface area (Å²) in [6, 6.07) is 17.9. The van der Waals surface area contributed by atoms with Crippen LogP contribution in [0.3, 0.4) is 0 Å². The van der Waals surface area contributed by atoms with Crippen LogP contribution in [0, 0.1) is 0 Å². The number of phenols is 1. The van der Waals surface area contributed by atoms with Crippen LogP contribution in [0.2, 0.25) is 0 Å². The lowest BCUT2D eigenvalue weighted by Gasteiger charge is -2.20. The Bertz CT molecular complexity index is 849. The van der Waals surface area contributed by atoms with Gasteiger partial charge in [0.15, 0.2) is 0 Å². The van der Waals surface area contributed by atoms with Crippen molar-refractivity contribution in [2.24, 2.45) is 0 Å². The first-order chi connectivity index (χ1) is 11.7. The monoisotopic (exact) mass is 318 g/mol. The Morgan fingerprint density at radius 1 is 0.917 bits per heavy atom. The van der Waals surface area contributed by atoms with Crippen LogP contribution in [-0.2, 0) is 0 Å². The van der Waals surface area contributed by atoms with Crippen LogP contribution < -0.4 is 4.90 Å². The Morgan fingerprint density at radius 2 is 1.67 bits per heavy atom. The molecule has 122 valence electrons. The molecule has 1 heterocycles. The molecule has 0 bridgehead atoms. The van der Waals surface area contributed by atoms with Crippen LogP contribution in [0.5, 0.6) is 5.75 Å². The number of hydrogen-bond acceptors (Lipinski definition) is 3. The highest BCUT2D eigenvalue weighted by Crippen LogP contribution is 2.23. The first kappa shape index (κ1) is 16.1. The third kappa shape index (κ3) is 3.40. The Balaban J connectivity index is 1.82. The maximum absolute atomic E-state index is 9.92. The van der Waals surface area contributed by atoms with E-state index < -0.39 is 0 Å². The van der Waals surface area contributed by atoms with E-state index in [1.165, 1.54) is 5.69 Å². The van der Waals surface area contributed by atoms with Gasteiger partial charge in [-0.15, -0.1) is 0 Å². The van der Waals surface area contributed by atoms with Crippen LogP contribution >= 0.6 is 0 Å². The molecule has 24 heavy (non-hydrogen) atoms. The number of phenolic OH excluding ortho intramolecular Hbond substituents is 1. The van der Waals surface area contributed by atoms with Crippen molar-refractivity contribution in [3.8, 4) is 5.75 Å².